The maximum Gasteiger partial charge on any atom is 0.407 e. The minimum atomic E-state index is -0.515. The van der Waals surface area contributed by atoms with E-state index < -0.39 is 6.09 Å². The maximum atomic E-state index is 11.4. The molecule has 0 saturated heterocycles. The second kappa shape index (κ2) is 14.6. The van der Waals surface area contributed by atoms with Crippen molar-refractivity contribution in [1.82, 2.24) is 10.6 Å². The number of carbonyl (C=O) groups is 2. The predicted octanol–water partition coefficient (Wildman–Crippen LogP) is 0.307. The number of hydrogen-bond donors (Lipinski definition) is 2. The molecular formula is C14H28N2O6. The molecule has 0 aromatic carbocycles. The molecule has 8 nitrogen and oxygen atoms in total. The SMILES string of the molecule is CCCNC(=O)COCCCNC(=O)OCC(COC)OC. The monoisotopic (exact) mass is 320 g/mol. The lowest BCUT2D eigenvalue weighted by Gasteiger charge is -2.14. The van der Waals surface area contributed by atoms with Gasteiger partial charge in [-0.1, -0.05) is 6.92 Å². The molecule has 0 aliphatic carbocycles. The number of nitrogens with one attached hydrogen (secondary N) is 2. The third-order valence-electron chi connectivity index (χ3n) is 2.63. The summed E-state index contributed by atoms with van der Waals surface area (Å²) in [5, 5.41) is 5.30. The molecule has 0 aliphatic rings. The molecule has 0 spiro atoms. The first kappa shape index (κ1) is 20.6. The van der Waals surface area contributed by atoms with E-state index in [2.05, 4.69) is 10.6 Å². The van der Waals surface area contributed by atoms with E-state index in [0.29, 0.717) is 32.7 Å². The Morgan fingerprint density at radius 2 is 1.86 bits per heavy atom. The largest absolute Gasteiger partial charge is 0.447 e. The van der Waals surface area contributed by atoms with Crippen LogP contribution in [0.1, 0.15) is 19.8 Å². The number of ether oxygens (including phenoxy) is 4. The van der Waals surface area contributed by atoms with E-state index >= 15 is 0 Å². The van der Waals surface area contributed by atoms with Gasteiger partial charge in [0, 0.05) is 33.9 Å². The topological polar surface area (TPSA) is 95.1 Å². The Bertz CT molecular complexity index is 301. The smallest absolute Gasteiger partial charge is 0.407 e. The quantitative estimate of drug-likeness (QED) is 0.474. The zero-order chi connectivity index (χ0) is 16.6. The molecule has 0 radical (unpaired) electrons. The second-order valence-electron chi connectivity index (χ2n) is 4.59. The van der Waals surface area contributed by atoms with Gasteiger partial charge in [-0.2, -0.15) is 0 Å². The molecule has 130 valence electrons. The van der Waals surface area contributed by atoms with Crippen molar-refractivity contribution in [2.24, 2.45) is 0 Å². The molecular weight excluding hydrogens is 292 g/mol. The fourth-order valence-corrected chi connectivity index (χ4v) is 1.43. The maximum absolute atomic E-state index is 11.4. The average molecular weight is 320 g/mol. The third kappa shape index (κ3) is 12.4. The van der Waals surface area contributed by atoms with Gasteiger partial charge in [0.15, 0.2) is 0 Å². The third-order valence-corrected chi connectivity index (χ3v) is 2.63. The highest BCUT2D eigenvalue weighted by molar-refractivity contribution is 5.77. The average Bonchev–Trinajstić information content (AvgIpc) is 2.52. The van der Waals surface area contributed by atoms with Crippen LogP contribution in [0.25, 0.3) is 0 Å². The number of methoxy groups -OCH3 is 2. The lowest BCUT2D eigenvalue weighted by Crippen LogP contribution is -2.32. The van der Waals surface area contributed by atoms with Crippen molar-refractivity contribution in [3.05, 3.63) is 0 Å². The molecule has 1 atom stereocenters. The van der Waals surface area contributed by atoms with Gasteiger partial charge in [-0.05, 0) is 12.8 Å². The molecule has 0 aromatic rings. The van der Waals surface area contributed by atoms with Crippen LogP contribution in [-0.2, 0) is 23.7 Å². The normalized spacial score (nSPS) is 11.8. The molecule has 0 bridgehead atoms. The van der Waals surface area contributed by atoms with E-state index in [-0.39, 0.29) is 25.2 Å². The first-order valence-corrected chi connectivity index (χ1v) is 7.40. The van der Waals surface area contributed by atoms with Crippen molar-refractivity contribution in [1.29, 1.82) is 0 Å². The highest BCUT2D eigenvalue weighted by Gasteiger charge is 2.10. The molecule has 0 fully saturated rings. The Balaban J connectivity index is 3.47. The van der Waals surface area contributed by atoms with Crippen molar-refractivity contribution in [3.8, 4) is 0 Å². The summed E-state index contributed by atoms with van der Waals surface area (Å²) in [6, 6.07) is 0. The zero-order valence-corrected chi connectivity index (χ0v) is 13.7. The van der Waals surface area contributed by atoms with Gasteiger partial charge in [0.05, 0.1) is 6.61 Å². The van der Waals surface area contributed by atoms with Gasteiger partial charge < -0.3 is 29.6 Å². The van der Waals surface area contributed by atoms with Crippen LogP contribution in [-0.4, -0.2) is 71.8 Å². The summed E-state index contributed by atoms with van der Waals surface area (Å²) in [4.78, 5) is 22.6. The van der Waals surface area contributed by atoms with Gasteiger partial charge in [-0.15, -0.1) is 0 Å². The molecule has 0 aliphatic heterocycles. The Labute approximate surface area is 131 Å². The van der Waals surface area contributed by atoms with E-state index in [9.17, 15) is 9.59 Å². The fraction of sp³-hybridized carbons (Fsp3) is 0.857. The number of hydrogen-bond acceptors (Lipinski definition) is 6. The van der Waals surface area contributed by atoms with Crippen LogP contribution in [0.3, 0.4) is 0 Å². The first-order valence-electron chi connectivity index (χ1n) is 7.40. The molecule has 1 unspecified atom stereocenters. The minimum Gasteiger partial charge on any atom is -0.447 e. The van der Waals surface area contributed by atoms with Crippen LogP contribution in [0.5, 0.6) is 0 Å². The lowest BCUT2D eigenvalue weighted by molar-refractivity contribution is -0.125. The molecule has 0 saturated carbocycles. The minimum absolute atomic E-state index is 0.0387. The predicted molar refractivity (Wildman–Crippen MR) is 80.8 cm³/mol. The van der Waals surface area contributed by atoms with Crippen LogP contribution in [0, 0.1) is 0 Å². The first-order chi connectivity index (χ1) is 10.6. The van der Waals surface area contributed by atoms with Gasteiger partial charge in [-0.25, -0.2) is 4.79 Å². The zero-order valence-electron chi connectivity index (χ0n) is 13.7. The Morgan fingerprint density at radius 1 is 1.09 bits per heavy atom. The molecule has 0 rings (SSSR count). The number of rotatable bonds is 13. The Hall–Kier alpha value is -1.38. The summed E-state index contributed by atoms with van der Waals surface area (Å²) in [5.41, 5.74) is 0. The van der Waals surface area contributed by atoms with Crippen molar-refractivity contribution < 1.29 is 28.5 Å². The van der Waals surface area contributed by atoms with E-state index in [4.69, 9.17) is 18.9 Å². The molecule has 2 N–H and O–H groups in total. The Morgan fingerprint density at radius 3 is 2.50 bits per heavy atom. The van der Waals surface area contributed by atoms with E-state index in [1.165, 1.54) is 7.11 Å². The van der Waals surface area contributed by atoms with Crippen LogP contribution < -0.4 is 10.6 Å². The Kier molecular flexibility index (Phi) is 13.6. The van der Waals surface area contributed by atoms with Gasteiger partial charge in [0.25, 0.3) is 0 Å². The van der Waals surface area contributed by atoms with E-state index in [0.717, 1.165) is 6.42 Å². The second-order valence-corrected chi connectivity index (χ2v) is 4.59. The molecule has 8 heteroatoms. The summed E-state index contributed by atoms with van der Waals surface area (Å²) in [6.07, 6.45) is 0.702. The summed E-state index contributed by atoms with van der Waals surface area (Å²) >= 11 is 0. The molecule has 0 heterocycles. The summed E-state index contributed by atoms with van der Waals surface area (Å²) < 4.78 is 20.1. The summed E-state index contributed by atoms with van der Waals surface area (Å²) in [5.74, 6) is -0.127. The lowest BCUT2D eigenvalue weighted by atomic mass is 10.4. The van der Waals surface area contributed by atoms with Crippen LogP contribution in [0.2, 0.25) is 0 Å². The standard InChI is InChI=1S/C14H28N2O6/c1-4-6-15-13(17)11-21-8-5-7-16-14(18)22-10-12(20-3)9-19-2/h12H,4-11H2,1-3H3,(H,15,17)(H,16,18). The van der Waals surface area contributed by atoms with Crippen molar-refractivity contribution in [2.45, 2.75) is 25.9 Å². The van der Waals surface area contributed by atoms with E-state index in [1.54, 1.807) is 7.11 Å². The highest BCUT2D eigenvalue weighted by atomic mass is 16.6. The summed E-state index contributed by atoms with van der Waals surface area (Å²) in [7, 11) is 3.08. The molecule has 2 amide bonds. The van der Waals surface area contributed by atoms with Gasteiger partial charge in [-0.3, -0.25) is 4.79 Å². The van der Waals surface area contributed by atoms with Gasteiger partial charge >= 0.3 is 6.09 Å². The van der Waals surface area contributed by atoms with Crippen molar-refractivity contribution in [2.75, 3.05) is 53.7 Å². The number of carbonyl (C=O) groups excluding carboxylic acids is 2. The number of amides is 2. The summed E-state index contributed by atoms with van der Waals surface area (Å²) in [6.45, 7) is 3.97. The van der Waals surface area contributed by atoms with Crippen LogP contribution in [0.4, 0.5) is 4.79 Å². The van der Waals surface area contributed by atoms with Crippen LogP contribution >= 0.6 is 0 Å². The molecule has 0 aromatic heterocycles. The fourth-order valence-electron chi connectivity index (χ4n) is 1.43. The number of alkyl carbamates (subject to hydrolysis) is 1. The van der Waals surface area contributed by atoms with Gasteiger partial charge in [0.2, 0.25) is 5.91 Å². The molecule has 22 heavy (non-hydrogen) atoms. The van der Waals surface area contributed by atoms with Crippen LogP contribution in [0.15, 0.2) is 0 Å². The van der Waals surface area contributed by atoms with Crippen molar-refractivity contribution >= 4 is 12.0 Å². The highest BCUT2D eigenvalue weighted by Crippen LogP contribution is 1.93. The van der Waals surface area contributed by atoms with E-state index in [1.807, 2.05) is 6.92 Å². The van der Waals surface area contributed by atoms with Gasteiger partial charge in [0.1, 0.15) is 19.3 Å². The van der Waals surface area contributed by atoms with Crippen molar-refractivity contribution in [3.63, 3.8) is 0 Å².